The molecule has 0 unspecified atom stereocenters. The largest absolute Gasteiger partial charge is 0.351 e. The number of thiazole rings is 1. The maximum atomic E-state index is 11.8. The Balaban J connectivity index is 1.96. The number of halogens is 2. The predicted molar refractivity (Wildman–Crippen MR) is 74.1 cm³/mol. The molecular weight excluding hydrogens is 309 g/mol. The second-order valence-corrected chi connectivity index (χ2v) is 5.37. The molecule has 0 aliphatic rings. The Hall–Kier alpha value is -1.63. The van der Waals surface area contributed by atoms with Gasteiger partial charge >= 0.3 is 0 Å². The number of hydrogen-bond donors (Lipinski definition) is 1. The zero-order valence-corrected chi connectivity index (χ0v) is 11.5. The van der Waals surface area contributed by atoms with Gasteiger partial charge in [-0.15, -0.1) is 0 Å². The summed E-state index contributed by atoms with van der Waals surface area (Å²) in [4.78, 5) is 16.0. The first-order valence-electron chi connectivity index (χ1n) is 5.12. The zero-order chi connectivity index (χ0) is 13.4. The van der Waals surface area contributed by atoms with Gasteiger partial charge in [-0.05, 0) is 12.1 Å². The monoisotopic (exact) mass is 313 g/mol. The van der Waals surface area contributed by atoms with Crippen LogP contribution in [0.15, 0.2) is 28.9 Å². The Bertz CT molecular complexity index is 716. The van der Waals surface area contributed by atoms with Crippen LogP contribution < -0.4 is 5.32 Å². The summed E-state index contributed by atoms with van der Waals surface area (Å²) < 4.78 is 5.48. The molecule has 0 fully saturated rings. The molecule has 1 N–H and O–H groups in total. The summed E-state index contributed by atoms with van der Waals surface area (Å²) in [6.07, 6.45) is 1.39. The molecule has 1 aromatic carbocycles. The number of anilines is 1. The standard InChI is InChI=1S/C11H5Cl2N3O2S/c12-5-1-2-6(13)9-8(5)15-11(19-9)16-10(17)7-3-4-14-18-7/h1-4H,(H,15,16,17). The first kappa shape index (κ1) is 12.4. The highest BCUT2D eigenvalue weighted by molar-refractivity contribution is 7.23. The Morgan fingerprint density at radius 1 is 1.26 bits per heavy atom. The number of hydrogen-bond acceptors (Lipinski definition) is 5. The van der Waals surface area contributed by atoms with Crippen molar-refractivity contribution in [2.24, 2.45) is 0 Å². The minimum atomic E-state index is -0.427. The fourth-order valence-electron chi connectivity index (χ4n) is 1.49. The minimum absolute atomic E-state index is 0.108. The molecule has 0 spiro atoms. The van der Waals surface area contributed by atoms with E-state index in [0.29, 0.717) is 20.7 Å². The van der Waals surface area contributed by atoms with Crippen molar-refractivity contribution in [2.75, 3.05) is 5.32 Å². The van der Waals surface area contributed by atoms with Crippen LogP contribution in [0.25, 0.3) is 10.2 Å². The SMILES string of the molecule is O=C(Nc1nc2c(Cl)ccc(Cl)c2s1)c1ccno1. The van der Waals surface area contributed by atoms with Gasteiger partial charge in [-0.25, -0.2) is 4.98 Å². The fourth-order valence-corrected chi connectivity index (χ4v) is 2.91. The molecule has 2 aromatic heterocycles. The highest BCUT2D eigenvalue weighted by Crippen LogP contribution is 2.36. The molecule has 5 nitrogen and oxygen atoms in total. The molecule has 2 heterocycles. The van der Waals surface area contributed by atoms with Crippen molar-refractivity contribution in [3.05, 3.63) is 40.2 Å². The smallest absolute Gasteiger partial charge is 0.296 e. The van der Waals surface area contributed by atoms with Crippen molar-refractivity contribution >= 4 is 55.8 Å². The molecule has 3 aromatic rings. The van der Waals surface area contributed by atoms with Gasteiger partial charge in [0.1, 0.15) is 5.52 Å². The molecule has 0 saturated carbocycles. The highest BCUT2D eigenvalue weighted by Gasteiger charge is 2.15. The van der Waals surface area contributed by atoms with Crippen molar-refractivity contribution in [1.82, 2.24) is 10.1 Å². The van der Waals surface area contributed by atoms with Crippen LogP contribution in [-0.4, -0.2) is 16.0 Å². The number of nitrogens with zero attached hydrogens (tertiary/aromatic N) is 2. The number of fused-ring (bicyclic) bond motifs is 1. The van der Waals surface area contributed by atoms with Crippen molar-refractivity contribution in [1.29, 1.82) is 0 Å². The molecule has 3 rings (SSSR count). The average molecular weight is 314 g/mol. The molecule has 0 aliphatic carbocycles. The number of carbonyl (C=O) groups is 1. The van der Waals surface area contributed by atoms with Gasteiger partial charge in [0.25, 0.3) is 5.91 Å². The van der Waals surface area contributed by atoms with E-state index < -0.39 is 5.91 Å². The molecule has 1 amide bonds. The minimum Gasteiger partial charge on any atom is -0.351 e. The Morgan fingerprint density at radius 3 is 2.74 bits per heavy atom. The Labute approximate surface area is 121 Å². The van der Waals surface area contributed by atoms with Crippen LogP contribution in [0.1, 0.15) is 10.6 Å². The van der Waals surface area contributed by atoms with Crippen LogP contribution >= 0.6 is 34.5 Å². The number of carbonyl (C=O) groups excluding carboxylic acids is 1. The summed E-state index contributed by atoms with van der Waals surface area (Å²) in [7, 11) is 0. The first-order chi connectivity index (χ1) is 9.15. The molecule has 0 saturated heterocycles. The van der Waals surface area contributed by atoms with Crippen molar-refractivity contribution in [2.45, 2.75) is 0 Å². The van der Waals surface area contributed by atoms with Crippen LogP contribution in [0.4, 0.5) is 5.13 Å². The van der Waals surface area contributed by atoms with Crippen LogP contribution in [0.2, 0.25) is 10.0 Å². The molecule has 0 radical (unpaired) electrons. The second kappa shape index (κ2) is 4.80. The summed E-state index contributed by atoms with van der Waals surface area (Å²) >= 11 is 13.3. The van der Waals surface area contributed by atoms with E-state index in [9.17, 15) is 4.79 Å². The summed E-state index contributed by atoms with van der Waals surface area (Å²) in [5.41, 5.74) is 0.562. The molecule has 0 bridgehead atoms. The number of nitrogens with one attached hydrogen (secondary N) is 1. The lowest BCUT2D eigenvalue weighted by Crippen LogP contribution is -2.10. The van der Waals surface area contributed by atoms with Crippen molar-refractivity contribution in [3.8, 4) is 0 Å². The molecule has 0 aliphatic heterocycles. The molecule has 19 heavy (non-hydrogen) atoms. The Morgan fingerprint density at radius 2 is 2.05 bits per heavy atom. The van der Waals surface area contributed by atoms with Crippen molar-refractivity contribution < 1.29 is 9.32 Å². The fraction of sp³-hybridized carbons (Fsp3) is 0. The van der Waals surface area contributed by atoms with E-state index in [2.05, 4.69) is 15.5 Å². The summed E-state index contributed by atoms with van der Waals surface area (Å²) in [5.74, 6) is -0.319. The van der Waals surface area contributed by atoms with Crippen molar-refractivity contribution in [3.63, 3.8) is 0 Å². The lowest BCUT2D eigenvalue weighted by Gasteiger charge is -1.95. The van der Waals surface area contributed by atoms with E-state index in [4.69, 9.17) is 27.7 Å². The van der Waals surface area contributed by atoms with Crippen LogP contribution in [-0.2, 0) is 0 Å². The third-order valence-corrected chi connectivity index (χ3v) is 4.06. The van der Waals surface area contributed by atoms with E-state index in [1.165, 1.54) is 23.6 Å². The van der Waals surface area contributed by atoms with Gasteiger partial charge in [-0.3, -0.25) is 10.1 Å². The third-order valence-electron chi connectivity index (χ3n) is 2.33. The number of rotatable bonds is 2. The average Bonchev–Trinajstić information content (AvgIpc) is 3.02. The van der Waals surface area contributed by atoms with Gasteiger partial charge in [0.15, 0.2) is 5.13 Å². The van der Waals surface area contributed by atoms with Gasteiger partial charge in [0.2, 0.25) is 5.76 Å². The third kappa shape index (κ3) is 2.30. The van der Waals surface area contributed by atoms with Gasteiger partial charge < -0.3 is 4.52 Å². The number of amides is 1. The lowest BCUT2D eigenvalue weighted by atomic mass is 10.3. The van der Waals surface area contributed by atoms with E-state index in [-0.39, 0.29) is 5.76 Å². The lowest BCUT2D eigenvalue weighted by molar-refractivity contribution is 0.0988. The molecule has 96 valence electrons. The van der Waals surface area contributed by atoms with Crippen LogP contribution in [0.3, 0.4) is 0 Å². The van der Waals surface area contributed by atoms with E-state index in [1.54, 1.807) is 12.1 Å². The quantitative estimate of drug-likeness (QED) is 0.780. The topological polar surface area (TPSA) is 68.0 Å². The number of aromatic nitrogens is 2. The second-order valence-electron chi connectivity index (χ2n) is 3.56. The van der Waals surface area contributed by atoms with Crippen LogP contribution in [0, 0.1) is 0 Å². The first-order valence-corrected chi connectivity index (χ1v) is 6.69. The van der Waals surface area contributed by atoms with E-state index in [1.807, 2.05) is 0 Å². The van der Waals surface area contributed by atoms with Crippen LogP contribution in [0.5, 0.6) is 0 Å². The Kier molecular flexibility index (Phi) is 3.14. The van der Waals surface area contributed by atoms with Gasteiger partial charge in [-0.1, -0.05) is 39.7 Å². The van der Waals surface area contributed by atoms with Gasteiger partial charge in [-0.2, -0.15) is 0 Å². The molecule has 8 heteroatoms. The summed E-state index contributed by atoms with van der Waals surface area (Å²) in [5, 5.41) is 7.48. The molecule has 0 atom stereocenters. The highest BCUT2D eigenvalue weighted by atomic mass is 35.5. The van der Waals surface area contributed by atoms with E-state index >= 15 is 0 Å². The zero-order valence-electron chi connectivity index (χ0n) is 9.18. The maximum Gasteiger partial charge on any atom is 0.296 e. The van der Waals surface area contributed by atoms with Gasteiger partial charge in [0.05, 0.1) is 20.9 Å². The van der Waals surface area contributed by atoms with E-state index in [0.717, 1.165) is 4.70 Å². The maximum absolute atomic E-state index is 11.8. The summed E-state index contributed by atoms with van der Waals surface area (Å²) in [6.45, 7) is 0. The van der Waals surface area contributed by atoms with Gasteiger partial charge in [0, 0.05) is 6.07 Å². The number of benzene rings is 1. The molecular formula is C11H5Cl2N3O2S. The normalized spacial score (nSPS) is 10.8. The predicted octanol–water partition coefficient (Wildman–Crippen LogP) is 3.84. The summed E-state index contributed by atoms with van der Waals surface area (Å²) in [6, 6.07) is 4.81.